The Balaban J connectivity index is 0.000000186. The van der Waals surface area contributed by atoms with Crippen LogP contribution in [-0.4, -0.2) is 133 Å². The third kappa shape index (κ3) is 23.1. The molecular formula is C114H79Cl4K2N8NaO6Pt3. The molecule has 0 aliphatic rings. The molecule has 4 N–H and O–H groups in total. The van der Waals surface area contributed by atoms with E-state index >= 15 is 0 Å². The van der Waals surface area contributed by atoms with E-state index < -0.39 is 17.9 Å². The summed E-state index contributed by atoms with van der Waals surface area (Å²) in [4.78, 5) is 27.7. The van der Waals surface area contributed by atoms with Crippen LogP contribution in [0.25, 0.3) is 154 Å². The van der Waals surface area contributed by atoms with Crippen LogP contribution in [0.2, 0.25) is 0 Å². The Morgan fingerprint density at radius 2 is 0.399 bits per heavy atom. The standard InChI is InChI=1S/2C56H38N4O2.C2H4O2.4ClH.2K.Na.3Pt/c2*61-55-33-39(37-25-29-43(30-26-37)59-51-17-7-1-11-45(51)46-12-2-8-18-52(46)59)21-23-41(55)35-57-49-15-5-6-16-50(49)58-36-42-24-22-40(34-56(42)62)38-27-31-44(32-28-38)60-53-19-9-3-13-47(53)48-14-4-10-20-54(48)60;1-2(3)4;;;;;;;;;;/h2*1-36,61-62H;1H3,(H,3,4);4*1H;;;;;;/q;;;;;;;;;+1;;;+4/p-5. The number of nitrogens with zero attached hydrogens (tertiary/aromatic N) is 8. The van der Waals surface area contributed by atoms with Crippen molar-refractivity contribution in [2.75, 3.05) is 0 Å². The predicted molar refractivity (Wildman–Crippen MR) is 559 cm³/mol. The van der Waals surface area contributed by atoms with Crippen molar-refractivity contribution in [2.45, 2.75) is 6.92 Å². The third-order valence-electron chi connectivity index (χ3n) is 23.4. The monoisotopic (exact) mass is 2480 g/mol. The van der Waals surface area contributed by atoms with Crippen LogP contribution in [0.1, 0.15) is 29.2 Å². The van der Waals surface area contributed by atoms with Crippen molar-refractivity contribution in [3.8, 4) is 90.3 Å². The first-order valence-corrected chi connectivity index (χ1v) is 70.8. The van der Waals surface area contributed by atoms with Gasteiger partial charge in [0.1, 0.15) is 23.0 Å². The van der Waals surface area contributed by atoms with Crippen molar-refractivity contribution >= 4 is 242 Å². The molecule has 0 saturated heterocycles. The van der Waals surface area contributed by atoms with Crippen molar-refractivity contribution in [1.82, 2.24) is 18.3 Å². The van der Waals surface area contributed by atoms with Gasteiger partial charge in [0.15, 0.2) is 0 Å². The van der Waals surface area contributed by atoms with Crippen LogP contribution in [0.3, 0.4) is 0 Å². The number of carboxylic acids is 1. The van der Waals surface area contributed by atoms with E-state index in [-0.39, 0.29) is 94.7 Å². The first kappa shape index (κ1) is 102. The second-order valence-electron chi connectivity index (χ2n) is 31.5. The summed E-state index contributed by atoms with van der Waals surface area (Å²) in [7, 11) is 20.0. The van der Waals surface area contributed by atoms with E-state index in [1.165, 1.54) is 106 Å². The zero-order valence-corrected chi connectivity index (χ0v) is 92.8. The normalized spacial score (nSPS) is 11.5. The molecule has 0 spiro atoms. The van der Waals surface area contributed by atoms with Crippen LogP contribution in [0.5, 0.6) is 23.0 Å². The number of phenolic OH excluding ortho intramolecular Hbond substituents is 4. The zero-order valence-electron chi connectivity index (χ0n) is 74.7. The van der Waals surface area contributed by atoms with Gasteiger partial charge in [-0.05, 0) is 221 Å². The van der Waals surface area contributed by atoms with Gasteiger partial charge < -0.3 is 48.6 Å². The third-order valence-corrected chi connectivity index (χ3v) is 23.4. The number of hydrogen-bond donors (Lipinski definition) is 4. The molecule has 0 saturated carbocycles. The fraction of sp³-hybridized carbons (Fsp3) is 0.00877. The number of para-hydroxylation sites is 12. The molecule has 24 heteroatoms. The topological polar surface area (TPSA) is 190 Å². The molecular weight excluding hydrogens is 2410 g/mol. The van der Waals surface area contributed by atoms with E-state index in [4.69, 9.17) is 67.5 Å². The van der Waals surface area contributed by atoms with Gasteiger partial charge in [-0.2, -0.15) is 0 Å². The summed E-state index contributed by atoms with van der Waals surface area (Å²) in [6.45, 7) is 0.972. The molecule has 22 aromatic rings. The quantitative estimate of drug-likeness (QED) is 0.0550. The van der Waals surface area contributed by atoms with E-state index in [2.05, 4.69) is 309 Å². The van der Waals surface area contributed by atoms with Crippen molar-refractivity contribution < 1.29 is 114 Å². The van der Waals surface area contributed by atoms with E-state index in [1.807, 2.05) is 97.1 Å². The molecule has 0 amide bonds. The second-order valence-corrected chi connectivity index (χ2v) is 51.2. The number of carbonyl (C=O) groups is 1. The molecule has 0 unspecified atom stereocenters. The second kappa shape index (κ2) is 47.1. The van der Waals surface area contributed by atoms with Crippen LogP contribution in [-0.2, 0) is 58.8 Å². The molecule has 22 rings (SSSR count). The van der Waals surface area contributed by atoms with Crippen molar-refractivity contribution in [3.05, 3.63) is 435 Å². The molecule has 4 aromatic heterocycles. The molecule has 4 heterocycles. The Bertz CT molecular complexity index is 7170. The molecule has 0 atom stereocenters. The molecule has 0 bridgehead atoms. The van der Waals surface area contributed by atoms with Crippen molar-refractivity contribution in [2.24, 2.45) is 20.0 Å². The minimum absolute atomic E-state index is 0. The van der Waals surface area contributed by atoms with Crippen LogP contribution >= 0.6 is 37.7 Å². The summed E-state index contributed by atoms with van der Waals surface area (Å²) in [5, 5.41) is 63.1. The molecule has 14 nitrogen and oxygen atoms in total. The maximum absolute atomic E-state index is 11.1. The number of halogens is 4. The maximum Gasteiger partial charge on any atom is 1.00 e. The Kier molecular flexibility index (Phi) is 34.9. The minimum Gasteiger partial charge on any atom is 0 e. The van der Waals surface area contributed by atoms with Crippen molar-refractivity contribution in [3.63, 3.8) is 0 Å². The zero-order chi connectivity index (χ0) is 93.2. The molecule has 18 aromatic carbocycles. The first-order chi connectivity index (χ1) is 65.9. The molecule has 0 aliphatic heterocycles. The molecule has 0 aliphatic carbocycles. The van der Waals surface area contributed by atoms with Crippen LogP contribution < -0.4 is 34.7 Å². The van der Waals surface area contributed by atoms with E-state index in [0.29, 0.717) is 45.0 Å². The Labute approximate surface area is 912 Å². The molecule has 672 valence electrons. The number of benzene rings is 18. The van der Waals surface area contributed by atoms with Crippen LogP contribution in [0.15, 0.2) is 432 Å². The number of hydrogen-bond acceptors (Lipinski definition) is 10. The van der Waals surface area contributed by atoms with Gasteiger partial charge in [0, 0.05) is 161 Å². The average molecular weight is 2490 g/mol. The van der Waals surface area contributed by atoms with Gasteiger partial charge in [-0.3, -0.25) is 20.0 Å². The van der Waals surface area contributed by atoms with Gasteiger partial charge in [0.2, 0.25) is 0 Å². The summed E-state index contributed by atoms with van der Waals surface area (Å²) in [5.74, 6) is -0.565. The van der Waals surface area contributed by atoms with Gasteiger partial charge in [-0.25, -0.2) is 0 Å². The summed E-state index contributed by atoms with van der Waals surface area (Å²) in [6, 6.07) is 139. The number of carbonyl (C=O) groups excluding carboxylic acids is 1. The molecule has 0 radical (unpaired) electrons. The van der Waals surface area contributed by atoms with Crippen LogP contribution in [0.4, 0.5) is 22.7 Å². The number of aliphatic carboxylic acids is 1. The number of aromatic hydroxyl groups is 4. The van der Waals surface area contributed by atoms with Gasteiger partial charge in [-0.1, -0.05) is 243 Å². The molecule has 0 fully saturated rings. The van der Waals surface area contributed by atoms with E-state index in [0.717, 1.165) is 118 Å². The summed E-state index contributed by atoms with van der Waals surface area (Å²) >= 11 is -0.556. The Hall–Kier alpha value is -9.99. The summed E-state index contributed by atoms with van der Waals surface area (Å²) < 4.78 is 9.17. The number of aromatic nitrogens is 4. The maximum atomic E-state index is 11.1. The molecule has 138 heavy (non-hydrogen) atoms. The average Bonchev–Trinajstić information content (AvgIpc) is 1.61. The fourth-order valence-electron chi connectivity index (χ4n) is 17.3. The number of aliphatic imine (C=N–C) groups is 4. The largest absolute Gasteiger partial charge is 1.00 e. The number of carboxylic acid groups (broad SMARTS) is 1. The van der Waals surface area contributed by atoms with Crippen molar-refractivity contribution in [1.29, 1.82) is 0 Å². The van der Waals surface area contributed by atoms with Gasteiger partial charge >= 0.3 is 142 Å². The first-order valence-electron chi connectivity index (χ1n) is 43.6. The van der Waals surface area contributed by atoms with Gasteiger partial charge in [-0.15, -0.1) is 0 Å². The number of rotatable bonds is 16. The summed E-state index contributed by atoms with van der Waals surface area (Å²) in [5.41, 5.74) is 26.1. The smallest absolute Gasteiger partial charge is 0 e. The number of phenols is 4. The number of fused-ring (bicyclic) bond motifs is 12. The van der Waals surface area contributed by atoms with Crippen LogP contribution in [0, 0.1) is 0 Å². The Morgan fingerprint density at radius 3 is 0.551 bits per heavy atom. The van der Waals surface area contributed by atoms with E-state index in [1.54, 1.807) is 49.1 Å². The summed E-state index contributed by atoms with van der Waals surface area (Å²) in [6.07, 6.45) is 6.60. The predicted octanol–water partition coefficient (Wildman–Crippen LogP) is 26.0. The SMILES string of the molecule is CC(=O)[O-].Oc1cc(-c2ccc(-n3c4ccccc4c4ccccc43)cc2)ccc1C=Nc1ccccc1N=Cc1ccc(-c2ccc(-n3c4ccccc4c4ccccc43)cc2)cc1O.Oc1cc(-c2ccc(-n3c4ccccc4c4ccccc43)cc2)ccc1C=Nc1ccccc1N=Cc1ccc(-c2ccc(-n3c4ccccc4c4ccccc43)cc2)cc1O.[Cl][Pt]([Cl])([Cl])[Cl].[K][K].[Na+].[Pt].[Pt]. The van der Waals surface area contributed by atoms with Gasteiger partial charge in [0.25, 0.3) is 0 Å². The van der Waals surface area contributed by atoms with E-state index in [9.17, 15) is 20.4 Å². The minimum atomic E-state index is -3.06. The van der Waals surface area contributed by atoms with Gasteiger partial charge in [0.05, 0.1) is 66.9 Å². The Morgan fingerprint density at radius 1 is 0.261 bits per heavy atom. The fourth-order valence-corrected chi connectivity index (χ4v) is 17.3.